The summed E-state index contributed by atoms with van der Waals surface area (Å²) >= 11 is 3.41. The predicted octanol–water partition coefficient (Wildman–Crippen LogP) is 2.51. The average molecular weight is 232 g/mol. The largest absolute Gasteiger partial charge is 0.301 e. The van der Waals surface area contributed by atoms with Gasteiger partial charge in [0.05, 0.1) is 0 Å². The van der Waals surface area contributed by atoms with Gasteiger partial charge in [0.1, 0.15) is 16.1 Å². The highest BCUT2D eigenvalue weighted by atomic mass is 32.2. The van der Waals surface area contributed by atoms with E-state index in [4.69, 9.17) is 0 Å². The Morgan fingerprint density at radius 1 is 1.43 bits per heavy atom. The first-order valence-corrected chi connectivity index (χ1v) is 6.95. The summed E-state index contributed by atoms with van der Waals surface area (Å²) in [5.41, 5.74) is 0. The fraction of sp³-hybridized carbons (Fsp3) is 0.800. The molecule has 0 N–H and O–H groups in total. The number of Topliss-reactive ketones (excluding diaryl/α,β-unsaturated/α-hetero) is 1. The van der Waals surface area contributed by atoms with Crippen LogP contribution in [-0.4, -0.2) is 27.7 Å². The number of hydrogen-bond donors (Lipinski definition) is 0. The predicted molar refractivity (Wildman–Crippen MR) is 62.9 cm³/mol. The summed E-state index contributed by atoms with van der Waals surface area (Å²) in [6.45, 7) is 1.87. The zero-order valence-corrected chi connectivity index (χ0v) is 10.1. The maximum absolute atomic E-state index is 11.2. The topological polar surface area (TPSA) is 34.1 Å². The molecule has 0 radical (unpaired) electrons. The number of ketones is 1. The third kappa shape index (κ3) is 3.31. The summed E-state index contributed by atoms with van der Waals surface area (Å²) in [7, 11) is 0. The summed E-state index contributed by atoms with van der Waals surface area (Å²) in [5.74, 6) is 2.36. The van der Waals surface area contributed by atoms with Crippen molar-refractivity contribution in [3.8, 4) is 0 Å². The first-order chi connectivity index (χ1) is 6.72. The molecule has 0 atom stereocenters. The molecule has 1 rings (SSSR count). The van der Waals surface area contributed by atoms with E-state index in [1.54, 1.807) is 23.5 Å². The first-order valence-electron chi connectivity index (χ1n) is 4.98. The fourth-order valence-corrected chi connectivity index (χ4v) is 4.27. The van der Waals surface area contributed by atoms with Crippen LogP contribution in [0.3, 0.4) is 0 Å². The third-order valence-corrected chi connectivity index (χ3v) is 5.58. The van der Waals surface area contributed by atoms with E-state index >= 15 is 0 Å². The molecule has 80 valence electrons. The Bertz CT molecular complexity index is 210. The Morgan fingerprint density at radius 2 is 2.07 bits per heavy atom. The molecule has 1 heterocycles. The van der Waals surface area contributed by atoms with Crippen LogP contribution < -0.4 is 0 Å². The standard InChI is InChI=1S/C10H16O2S2/c1-2-9(12)4-5-10(8-11)13-6-3-7-14-10/h8H,2-7H2,1H3. The molecule has 0 unspecified atom stereocenters. The second-order valence-electron chi connectivity index (χ2n) is 3.37. The molecule has 1 aliphatic rings. The molecule has 0 amide bonds. The average Bonchev–Trinajstić information content (AvgIpc) is 2.27. The van der Waals surface area contributed by atoms with Gasteiger partial charge in [-0.3, -0.25) is 4.79 Å². The van der Waals surface area contributed by atoms with Crippen molar-refractivity contribution in [3.05, 3.63) is 0 Å². The molecule has 0 aromatic heterocycles. The van der Waals surface area contributed by atoms with Crippen molar-refractivity contribution in [2.75, 3.05) is 11.5 Å². The molecule has 1 fully saturated rings. The van der Waals surface area contributed by atoms with Gasteiger partial charge in [-0.2, -0.15) is 0 Å². The number of rotatable bonds is 5. The summed E-state index contributed by atoms with van der Waals surface area (Å²) in [6, 6.07) is 0. The lowest BCUT2D eigenvalue weighted by molar-refractivity contribution is -0.118. The summed E-state index contributed by atoms with van der Waals surface area (Å²) in [5, 5.41) is 0. The van der Waals surface area contributed by atoms with Gasteiger partial charge in [0.15, 0.2) is 0 Å². The minimum atomic E-state index is -0.316. The zero-order chi connectivity index (χ0) is 10.4. The summed E-state index contributed by atoms with van der Waals surface area (Å²) in [4.78, 5) is 22.2. The molecule has 14 heavy (non-hydrogen) atoms. The van der Waals surface area contributed by atoms with Gasteiger partial charge < -0.3 is 4.79 Å². The molecule has 1 saturated heterocycles. The van der Waals surface area contributed by atoms with Crippen LogP contribution in [0.2, 0.25) is 0 Å². The lowest BCUT2D eigenvalue weighted by Crippen LogP contribution is -2.27. The maximum Gasteiger partial charge on any atom is 0.146 e. The fourth-order valence-electron chi connectivity index (χ4n) is 1.35. The Balaban J connectivity index is 2.43. The molecule has 0 aromatic rings. The minimum absolute atomic E-state index is 0.262. The Hall–Kier alpha value is 0.0400. The monoisotopic (exact) mass is 232 g/mol. The van der Waals surface area contributed by atoms with Gasteiger partial charge in [-0.05, 0) is 24.3 Å². The Labute approximate surface area is 93.6 Å². The van der Waals surface area contributed by atoms with E-state index in [1.165, 1.54) is 6.42 Å². The second kappa shape index (κ2) is 5.81. The molecule has 0 saturated carbocycles. The van der Waals surface area contributed by atoms with E-state index in [0.29, 0.717) is 19.3 Å². The number of hydrogen-bond acceptors (Lipinski definition) is 4. The number of carbonyl (C=O) groups excluding carboxylic acids is 2. The molecule has 0 aromatic carbocycles. The van der Waals surface area contributed by atoms with Crippen LogP contribution in [-0.2, 0) is 9.59 Å². The Kier molecular flexibility index (Phi) is 5.02. The normalized spacial score (nSPS) is 20.4. The molecule has 0 spiro atoms. The summed E-state index contributed by atoms with van der Waals surface area (Å²) in [6.07, 6.45) is 4.05. The highest BCUT2D eigenvalue weighted by Gasteiger charge is 2.33. The summed E-state index contributed by atoms with van der Waals surface area (Å²) < 4.78 is -0.316. The van der Waals surface area contributed by atoms with Crippen LogP contribution in [0.5, 0.6) is 0 Å². The van der Waals surface area contributed by atoms with E-state index in [9.17, 15) is 9.59 Å². The zero-order valence-electron chi connectivity index (χ0n) is 8.45. The molecule has 0 bridgehead atoms. The van der Waals surface area contributed by atoms with Crippen LogP contribution in [0, 0.1) is 0 Å². The van der Waals surface area contributed by atoms with Gasteiger partial charge in [0.2, 0.25) is 0 Å². The van der Waals surface area contributed by atoms with Gasteiger partial charge in [0.25, 0.3) is 0 Å². The molecule has 1 aliphatic heterocycles. The van der Waals surface area contributed by atoms with Crippen LogP contribution in [0.4, 0.5) is 0 Å². The lowest BCUT2D eigenvalue weighted by atomic mass is 10.1. The van der Waals surface area contributed by atoms with Gasteiger partial charge in [0, 0.05) is 12.8 Å². The van der Waals surface area contributed by atoms with Crippen LogP contribution in [0.25, 0.3) is 0 Å². The molecule has 4 heteroatoms. The highest BCUT2D eigenvalue weighted by molar-refractivity contribution is 8.19. The minimum Gasteiger partial charge on any atom is -0.301 e. The van der Waals surface area contributed by atoms with Gasteiger partial charge in [-0.15, -0.1) is 23.5 Å². The highest BCUT2D eigenvalue weighted by Crippen LogP contribution is 2.43. The lowest BCUT2D eigenvalue weighted by Gasteiger charge is -2.30. The van der Waals surface area contributed by atoms with E-state index in [0.717, 1.165) is 17.8 Å². The van der Waals surface area contributed by atoms with E-state index in [-0.39, 0.29) is 9.86 Å². The number of aldehydes is 1. The van der Waals surface area contributed by atoms with Gasteiger partial charge in [-0.1, -0.05) is 6.92 Å². The number of carbonyl (C=O) groups is 2. The molecular formula is C10H16O2S2. The van der Waals surface area contributed by atoms with Crippen LogP contribution in [0.15, 0.2) is 0 Å². The van der Waals surface area contributed by atoms with Crippen molar-refractivity contribution in [3.63, 3.8) is 0 Å². The molecule has 2 nitrogen and oxygen atoms in total. The maximum atomic E-state index is 11.2. The van der Waals surface area contributed by atoms with E-state index in [1.807, 2.05) is 6.92 Å². The van der Waals surface area contributed by atoms with Crippen LogP contribution >= 0.6 is 23.5 Å². The van der Waals surface area contributed by atoms with Crippen LogP contribution in [0.1, 0.15) is 32.6 Å². The number of thioether (sulfide) groups is 2. The molecular weight excluding hydrogens is 216 g/mol. The van der Waals surface area contributed by atoms with Gasteiger partial charge in [-0.25, -0.2) is 0 Å². The SMILES string of the molecule is CCC(=O)CCC1(C=O)SCCCS1. The van der Waals surface area contributed by atoms with Crippen molar-refractivity contribution in [1.29, 1.82) is 0 Å². The van der Waals surface area contributed by atoms with Crippen molar-refractivity contribution < 1.29 is 9.59 Å². The third-order valence-electron chi connectivity index (χ3n) is 2.31. The second-order valence-corrected chi connectivity index (χ2v) is 6.48. The van der Waals surface area contributed by atoms with E-state index < -0.39 is 0 Å². The quantitative estimate of drug-likeness (QED) is 0.682. The van der Waals surface area contributed by atoms with Gasteiger partial charge >= 0.3 is 0 Å². The van der Waals surface area contributed by atoms with Crippen molar-refractivity contribution in [1.82, 2.24) is 0 Å². The van der Waals surface area contributed by atoms with Crippen molar-refractivity contribution in [2.45, 2.75) is 36.7 Å². The first kappa shape index (κ1) is 12.1. The molecule has 0 aliphatic carbocycles. The van der Waals surface area contributed by atoms with Crippen molar-refractivity contribution in [2.24, 2.45) is 0 Å². The smallest absolute Gasteiger partial charge is 0.146 e. The van der Waals surface area contributed by atoms with E-state index in [2.05, 4.69) is 0 Å². The van der Waals surface area contributed by atoms with Crippen molar-refractivity contribution >= 4 is 35.6 Å². The Morgan fingerprint density at radius 3 is 2.57 bits per heavy atom.